The van der Waals surface area contributed by atoms with Crippen LogP contribution >= 0.6 is 0 Å². The van der Waals surface area contributed by atoms with Crippen molar-refractivity contribution in [2.24, 2.45) is 5.92 Å². The molecule has 1 atom stereocenters. The van der Waals surface area contributed by atoms with Gasteiger partial charge >= 0.3 is 5.97 Å². The number of esters is 1. The number of carbonyl (C=O) groups is 1. The van der Waals surface area contributed by atoms with Gasteiger partial charge in [-0.25, -0.2) is 0 Å². The molecule has 1 unspecified atom stereocenters. The number of rotatable bonds is 4. The van der Waals surface area contributed by atoms with Gasteiger partial charge in [0.2, 0.25) is 0 Å². The van der Waals surface area contributed by atoms with E-state index in [0.29, 0.717) is 0 Å². The summed E-state index contributed by atoms with van der Waals surface area (Å²) in [5.41, 5.74) is 0. The molecule has 1 aliphatic carbocycles. The summed E-state index contributed by atoms with van der Waals surface area (Å²) >= 11 is 0. The molecule has 0 aromatic carbocycles. The Hall–Kier alpha value is -0.570. The fourth-order valence-electron chi connectivity index (χ4n) is 1.99. The van der Waals surface area contributed by atoms with Gasteiger partial charge in [-0.1, -0.05) is 19.3 Å². The van der Waals surface area contributed by atoms with Crippen LogP contribution < -0.4 is 5.32 Å². The fourth-order valence-corrected chi connectivity index (χ4v) is 1.99. The van der Waals surface area contributed by atoms with Gasteiger partial charge in [0.05, 0.1) is 7.11 Å². The molecule has 82 valence electrons. The van der Waals surface area contributed by atoms with Crippen molar-refractivity contribution in [3.05, 3.63) is 0 Å². The molecule has 1 aliphatic rings. The second-order valence-corrected chi connectivity index (χ2v) is 4.16. The van der Waals surface area contributed by atoms with E-state index in [1.165, 1.54) is 39.2 Å². The lowest BCUT2D eigenvalue weighted by molar-refractivity contribution is -0.142. The largest absolute Gasteiger partial charge is 0.468 e. The molecule has 0 amide bonds. The van der Waals surface area contributed by atoms with Gasteiger partial charge in [0.15, 0.2) is 0 Å². The molecule has 1 fully saturated rings. The molecule has 1 saturated carbocycles. The molecule has 3 nitrogen and oxygen atoms in total. The van der Waals surface area contributed by atoms with Gasteiger partial charge in [-0.15, -0.1) is 0 Å². The van der Waals surface area contributed by atoms with Crippen LogP contribution in [0.2, 0.25) is 0 Å². The average molecular weight is 199 g/mol. The maximum Gasteiger partial charge on any atom is 0.322 e. The Morgan fingerprint density at radius 2 is 2.07 bits per heavy atom. The van der Waals surface area contributed by atoms with Gasteiger partial charge in [-0.3, -0.25) is 4.79 Å². The SMILES string of the molecule is COC(=O)C(C)NCC1CCCCC1. The van der Waals surface area contributed by atoms with Crippen molar-refractivity contribution >= 4 is 5.97 Å². The Bertz CT molecular complexity index is 176. The van der Waals surface area contributed by atoms with Gasteiger partial charge < -0.3 is 10.1 Å². The first-order valence-electron chi connectivity index (χ1n) is 5.55. The first-order chi connectivity index (χ1) is 6.74. The smallest absolute Gasteiger partial charge is 0.322 e. The van der Waals surface area contributed by atoms with Crippen LogP contribution in [-0.4, -0.2) is 25.7 Å². The highest BCUT2D eigenvalue weighted by Gasteiger charge is 2.17. The summed E-state index contributed by atoms with van der Waals surface area (Å²) < 4.78 is 4.65. The van der Waals surface area contributed by atoms with Crippen molar-refractivity contribution in [3.8, 4) is 0 Å². The minimum Gasteiger partial charge on any atom is -0.468 e. The molecule has 0 aromatic rings. The second-order valence-electron chi connectivity index (χ2n) is 4.16. The van der Waals surface area contributed by atoms with Crippen LogP contribution in [0.3, 0.4) is 0 Å². The predicted molar refractivity (Wildman–Crippen MR) is 56.1 cm³/mol. The maximum absolute atomic E-state index is 11.1. The summed E-state index contributed by atoms with van der Waals surface area (Å²) in [5, 5.41) is 3.23. The third-order valence-electron chi connectivity index (χ3n) is 2.99. The number of hydrogen-bond acceptors (Lipinski definition) is 3. The molecule has 1 N–H and O–H groups in total. The molecular weight excluding hydrogens is 178 g/mol. The Kier molecular flexibility index (Phi) is 4.94. The summed E-state index contributed by atoms with van der Waals surface area (Å²) in [5.74, 6) is 0.594. The molecule has 1 rings (SSSR count). The summed E-state index contributed by atoms with van der Waals surface area (Å²) in [6.07, 6.45) is 6.68. The number of nitrogens with one attached hydrogen (secondary N) is 1. The van der Waals surface area contributed by atoms with Crippen molar-refractivity contribution in [1.82, 2.24) is 5.32 Å². The maximum atomic E-state index is 11.1. The minimum atomic E-state index is -0.166. The van der Waals surface area contributed by atoms with Crippen molar-refractivity contribution in [2.45, 2.75) is 45.1 Å². The van der Waals surface area contributed by atoms with Crippen molar-refractivity contribution in [2.75, 3.05) is 13.7 Å². The zero-order valence-electron chi connectivity index (χ0n) is 9.21. The summed E-state index contributed by atoms with van der Waals surface area (Å²) in [6.45, 7) is 2.81. The highest BCUT2D eigenvalue weighted by atomic mass is 16.5. The molecular formula is C11H21NO2. The quantitative estimate of drug-likeness (QED) is 0.701. The van der Waals surface area contributed by atoms with Crippen LogP contribution in [0.5, 0.6) is 0 Å². The third kappa shape index (κ3) is 3.66. The Labute approximate surface area is 86.2 Å². The highest BCUT2D eigenvalue weighted by molar-refractivity contribution is 5.75. The van der Waals surface area contributed by atoms with Gasteiger partial charge in [0.1, 0.15) is 6.04 Å². The first-order valence-corrected chi connectivity index (χ1v) is 5.55. The normalized spacial score (nSPS) is 20.4. The predicted octanol–water partition coefficient (Wildman–Crippen LogP) is 1.72. The molecule has 0 aliphatic heterocycles. The van der Waals surface area contributed by atoms with E-state index < -0.39 is 0 Å². The second kappa shape index (κ2) is 6.02. The Morgan fingerprint density at radius 3 is 2.64 bits per heavy atom. The van der Waals surface area contributed by atoms with E-state index in [-0.39, 0.29) is 12.0 Å². The monoisotopic (exact) mass is 199 g/mol. The average Bonchev–Trinajstić information content (AvgIpc) is 2.26. The van der Waals surface area contributed by atoms with Crippen LogP contribution in [0.15, 0.2) is 0 Å². The molecule has 0 aromatic heterocycles. The topological polar surface area (TPSA) is 38.3 Å². The fraction of sp³-hybridized carbons (Fsp3) is 0.909. The molecule has 0 bridgehead atoms. The number of ether oxygens (including phenoxy) is 1. The van der Waals surface area contributed by atoms with E-state index >= 15 is 0 Å². The van der Waals surface area contributed by atoms with Gasteiger partial charge in [-0.2, -0.15) is 0 Å². The molecule has 14 heavy (non-hydrogen) atoms. The van der Waals surface area contributed by atoms with E-state index in [1.807, 2.05) is 6.92 Å². The Morgan fingerprint density at radius 1 is 1.43 bits per heavy atom. The lowest BCUT2D eigenvalue weighted by atomic mass is 9.89. The van der Waals surface area contributed by atoms with Gasteiger partial charge in [0.25, 0.3) is 0 Å². The van der Waals surface area contributed by atoms with E-state index in [4.69, 9.17) is 0 Å². The lowest BCUT2D eigenvalue weighted by Crippen LogP contribution is -2.38. The van der Waals surface area contributed by atoms with Crippen LogP contribution in [0.1, 0.15) is 39.0 Å². The first kappa shape index (κ1) is 11.5. The summed E-state index contributed by atoms with van der Waals surface area (Å²) in [6, 6.07) is -0.165. The molecule has 0 spiro atoms. The van der Waals surface area contributed by atoms with Gasteiger partial charge in [0, 0.05) is 0 Å². The highest BCUT2D eigenvalue weighted by Crippen LogP contribution is 2.22. The van der Waals surface area contributed by atoms with E-state index in [1.54, 1.807) is 0 Å². The molecule has 0 saturated heterocycles. The molecule has 3 heteroatoms. The Balaban J connectivity index is 2.15. The van der Waals surface area contributed by atoms with Crippen molar-refractivity contribution in [1.29, 1.82) is 0 Å². The van der Waals surface area contributed by atoms with Crippen LogP contribution in [0.25, 0.3) is 0 Å². The number of carbonyl (C=O) groups excluding carboxylic acids is 1. The van der Waals surface area contributed by atoms with Crippen LogP contribution in [0.4, 0.5) is 0 Å². The van der Waals surface area contributed by atoms with E-state index in [9.17, 15) is 4.79 Å². The third-order valence-corrected chi connectivity index (χ3v) is 2.99. The van der Waals surface area contributed by atoms with Crippen LogP contribution in [0, 0.1) is 5.92 Å². The van der Waals surface area contributed by atoms with Crippen molar-refractivity contribution in [3.63, 3.8) is 0 Å². The summed E-state index contributed by atoms with van der Waals surface area (Å²) in [4.78, 5) is 11.1. The minimum absolute atomic E-state index is 0.165. The zero-order valence-corrected chi connectivity index (χ0v) is 9.21. The molecule has 0 radical (unpaired) electrons. The van der Waals surface area contributed by atoms with E-state index in [2.05, 4.69) is 10.1 Å². The standard InChI is InChI=1S/C11H21NO2/c1-9(11(13)14-2)12-8-10-6-4-3-5-7-10/h9-10,12H,3-8H2,1-2H3. The summed E-state index contributed by atoms with van der Waals surface area (Å²) in [7, 11) is 1.43. The lowest BCUT2D eigenvalue weighted by Gasteiger charge is -2.23. The van der Waals surface area contributed by atoms with E-state index in [0.717, 1.165) is 12.5 Å². The molecule has 0 heterocycles. The van der Waals surface area contributed by atoms with Crippen molar-refractivity contribution < 1.29 is 9.53 Å². The zero-order chi connectivity index (χ0) is 10.4. The van der Waals surface area contributed by atoms with Crippen LogP contribution in [-0.2, 0) is 9.53 Å². The van der Waals surface area contributed by atoms with Gasteiger partial charge in [-0.05, 0) is 32.2 Å². The number of methoxy groups -OCH3 is 1. The number of hydrogen-bond donors (Lipinski definition) is 1.